The summed E-state index contributed by atoms with van der Waals surface area (Å²) in [5.41, 5.74) is 0. The molecule has 0 spiro atoms. The molecule has 1 heterocycles. The first-order chi connectivity index (χ1) is 10.5. The zero-order valence-electron chi connectivity index (χ0n) is 13.8. The highest BCUT2D eigenvalue weighted by molar-refractivity contribution is 7.89. The number of carbonyl (C=O) groups excluding carboxylic acids is 1. The van der Waals surface area contributed by atoms with Crippen molar-refractivity contribution in [3.8, 4) is 0 Å². The summed E-state index contributed by atoms with van der Waals surface area (Å²) in [5.74, 6) is -0.00939. The van der Waals surface area contributed by atoms with E-state index in [4.69, 9.17) is 0 Å². The van der Waals surface area contributed by atoms with Gasteiger partial charge in [-0.05, 0) is 39.2 Å². The molecule has 6 nitrogen and oxygen atoms in total. The first kappa shape index (κ1) is 17.7. The molecule has 1 aliphatic heterocycles. The lowest BCUT2D eigenvalue weighted by Gasteiger charge is -2.33. The molecule has 2 fully saturated rings. The second kappa shape index (κ2) is 7.75. The van der Waals surface area contributed by atoms with Gasteiger partial charge in [-0.25, -0.2) is 8.42 Å². The smallest absolute Gasteiger partial charge is 0.238 e. The Morgan fingerprint density at radius 3 is 2.64 bits per heavy atom. The van der Waals surface area contributed by atoms with Gasteiger partial charge in [0.25, 0.3) is 0 Å². The maximum atomic E-state index is 12.4. The molecule has 1 aliphatic carbocycles. The first-order valence-electron chi connectivity index (χ1n) is 8.43. The minimum absolute atomic E-state index is 0.126. The quantitative estimate of drug-likeness (QED) is 0.714. The van der Waals surface area contributed by atoms with Crippen molar-refractivity contribution in [2.45, 2.75) is 57.5 Å². The molecule has 0 bridgehead atoms. The Labute approximate surface area is 134 Å². The molecule has 1 saturated carbocycles. The number of nitrogens with zero attached hydrogens (tertiary/aromatic N) is 2. The fourth-order valence-corrected chi connectivity index (χ4v) is 4.79. The van der Waals surface area contributed by atoms with Gasteiger partial charge in [0.1, 0.15) is 6.04 Å². The van der Waals surface area contributed by atoms with Gasteiger partial charge in [-0.3, -0.25) is 4.79 Å². The number of hydrogen-bond acceptors (Lipinski definition) is 4. The van der Waals surface area contributed by atoms with Gasteiger partial charge >= 0.3 is 0 Å². The molecule has 2 rings (SSSR count). The van der Waals surface area contributed by atoms with Gasteiger partial charge in [0, 0.05) is 25.7 Å². The molecule has 0 aromatic heterocycles. The van der Waals surface area contributed by atoms with Crippen LogP contribution in [0.15, 0.2) is 0 Å². The molecule has 1 amide bonds. The number of amides is 1. The Hall–Kier alpha value is -0.660. The number of piperidine rings is 1. The van der Waals surface area contributed by atoms with Crippen LogP contribution in [0.2, 0.25) is 0 Å². The monoisotopic (exact) mass is 331 g/mol. The molecule has 22 heavy (non-hydrogen) atoms. The molecule has 0 aromatic rings. The molecule has 1 unspecified atom stereocenters. The molecule has 7 heteroatoms. The molecule has 1 atom stereocenters. The van der Waals surface area contributed by atoms with E-state index in [1.807, 2.05) is 6.92 Å². The summed E-state index contributed by atoms with van der Waals surface area (Å²) >= 11 is 0. The van der Waals surface area contributed by atoms with Crippen molar-refractivity contribution in [2.75, 3.05) is 32.4 Å². The van der Waals surface area contributed by atoms with Crippen LogP contribution < -0.4 is 5.32 Å². The highest BCUT2D eigenvalue weighted by Crippen LogP contribution is 2.24. The van der Waals surface area contributed by atoms with E-state index in [0.717, 1.165) is 19.4 Å². The van der Waals surface area contributed by atoms with Gasteiger partial charge < -0.3 is 10.2 Å². The summed E-state index contributed by atoms with van der Waals surface area (Å²) in [5, 5.41) is 2.92. The largest absolute Gasteiger partial charge is 0.353 e. The fourth-order valence-electron chi connectivity index (χ4n) is 3.05. The van der Waals surface area contributed by atoms with E-state index in [0.29, 0.717) is 32.0 Å². The number of carbonyl (C=O) groups is 1. The number of hydrogen-bond donors (Lipinski definition) is 1. The average molecular weight is 331 g/mol. The molecule has 2 aliphatic rings. The van der Waals surface area contributed by atoms with Crippen LogP contribution in [-0.4, -0.2) is 68.0 Å². The molecule has 0 radical (unpaired) electrons. The van der Waals surface area contributed by atoms with E-state index in [1.54, 1.807) is 0 Å². The number of nitrogens with one attached hydrogen (secondary N) is 1. The van der Waals surface area contributed by atoms with Crippen LogP contribution >= 0.6 is 0 Å². The predicted molar refractivity (Wildman–Crippen MR) is 87.1 cm³/mol. The van der Waals surface area contributed by atoms with Crippen LogP contribution in [0, 0.1) is 0 Å². The summed E-state index contributed by atoms with van der Waals surface area (Å²) in [4.78, 5) is 14.6. The van der Waals surface area contributed by atoms with Crippen LogP contribution in [0.3, 0.4) is 0 Å². The SMILES string of the molecule is CCCS(=O)(=O)N1CCCCC1C(=O)NCCN(C)C1CC1. The minimum atomic E-state index is -3.31. The number of rotatable bonds is 8. The third-order valence-corrected chi connectivity index (χ3v) is 6.59. The number of likely N-dealkylation sites (N-methyl/N-ethyl adjacent to an activating group) is 1. The molecule has 0 aromatic carbocycles. The summed E-state index contributed by atoms with van der Waals surface area (Å²) in [6.45, 7) is 3.74. The summed E-state index contributed by atoms with van der Waals surface area (Å²) in [7, 11) is -1.24. The third kappa shape index (κ3) is 4.67. The predicted octanol–water partition coefficient (Wildman–Crippen LogP) is 0.791. The molecular weight excluding hydrogens is 302 g/mol. The fraction of sp³-hybridized carbons (Fsp3) is 0.933. The maximum absolute atomic E-state index is 12.4. The Morgan fingerprint density at radius 1 is 1.27 bits per heavy atom. The zero-order chi connectivity index (χ0) is 16.2. The van der Waals surface area contributed by atoms with Crippen molar-refractivity contribution in [2.24, 2.45) is 0 Å². The Kier molecular flexibility index (Phi) is 6.23. The van der Waals surface area contributed by atoms with E-state index >= 15 is 0 Å². The maximum Gasteiger partial charge on any atom is 0.238 e. The van der Waals surface area contributed by atoms with Crippen molar-refractivity contribution in [3.63, 3.8) is 0 Å². The van der Waals surface area contributed by atoms with Gasteiger partial charge in [0.05, 0.1) is 5.75 Å². The third-order valence-electron chi connectivity index (χ3n) is 4.51. The van der Waals surface area contributed by atoms with Gasteiger partial charge in [0.15, 0.2) is 0 Å². The Balaban J connectivity index is 1.87. The highest BCUT2D eigenvalue weighted by atomic mass is 32.2. The van der Waals surface area contributed by atoms with Gasteiger partial charge in [-0.2, -0.15) is 4.31 Å². The van der Waals surface area contributed by atoms with Crippen molar-refractivity contribution >= 4 is 15.9 Å². The standard InChI is InChI=1S/C15H29N3O3S/c1-3-12-22(20,21)18-10-5-4-6-14(18)15(19)16-9-11-17(2)13-7-8-13/h13-14H,3-12H2,1-2H3,(H,16,19). The normalized spacial score (nSPS) is 23.7. The summed E-state index contributed by atoms with van der Waals surface area (Å²) in [6, 6.07) is 0.157. The lowest BCUT2D eigenvalue weighted by atomic mass is 10.0. The van der Waals surface area contributed by atoms with Crippen molar-refractivity contribution in [1.29, 1.82) is 0 Å². The van der Waals surface area contributed by atoms with E-state index in [9.17, 15) is 13.2 Å². The van der Waals surface area contributed by atoms with Crippen molar-refractivity contribution in [1.82, 2.24) is 14.5 Å². The van der Waals surface area contributed by atoms with Crippen molar-refractivity contribution < 1.29 is 13.2 Å². The molecule has 1 N–H and O–H groups in total. The summed E-state index contributed by atoms with van der Waals surface area (Å²) in [6.07, 6.45) is 5.47. The van der Waals surface area contributed by atoms with Gasteiger partial charge in [-0.1, -0.05) is 13.3 Å². The molecular formula is C15H29N3O3S. The van der Waals surface area contributed by atoms with Crippen LogP contribution in [0.25, 0.3) is 0 Å². The second-order valence-electron chi connectivity index (χ2n) is 6.44. The average Bonchev–Trinajstić information content (AvgIpc) is 3.31. The lowest BCUT2D eigenvalue weighted by molar-refractivity contribution is -0.125. The van der Waals surface area contributed by atoms with Crippen molar-refractivity contribution in [3.05, 3.63) is 0 Å². The first-order valence-corrected chi connectivity index (χ1v) is 10.0. The van der Waals surface area contributed by atoms with E-state index in [1.165, 1.54) is 17.1 Å². The highest BCUT2D eigenvalue weighted by Gasteiger charge is 2.36. The van der Waals surface area contributed by atoms with Crippen LogP contribution in [0.5, 0.6) is 0 Å². The topological polar surface area (TPSA) is 69.7 Å². The van der Waals surface area contributed by atoms with Crippen LogP contribution in [0.1, 0.15) is 45.4 Å². The number of sulfonamides is 1. The van der Waals surface area contributed by atoms with Crippen LogP contribution in [-0.2, 0) is 14.8 Å². The minimum Gasteiger partial charge on any atom is -0.353 e. The zero-order valence-corrected chi connectivity index (χ0v) is 14.6. The molecule has 1 saturated heterocycles. The molecule has 128 valence electrons. The van der Waals surface area contributed by atoms with Crippen LogP contribution in [0.4, 0.5) is 0 Å². The Morgan fingerprint density at radius 2 is 2.00 bits per heavy atom. The second-order valence-corrected chi connectivity index (χ2v) is 8.48. The van der Waals surface area contributed by atoms with E-state index in [-0.39, 0.29) is 11.7 Å². The van der Waals surface area contributed by atoms with Gasteiger partial charge in [-0.15, -0.1) is 0 Å². The van der Waals surface area contributed by atoms with E-state index < -0.39 is 16.1 Å². The van der Waals surface area contributed by atoms with Gasteiger partial charge in [0.2, 0.25) is 15.9 Å². The Bertz CT molecular complexity index is 476. The van der Waals surface area contributed by atoms with E-state index in [2.05, 4.69) is 17.3 Å². The lowest BCUT2D eigenvalue weighted by Crippen LogP contribution is -2.53. The summed E-state index contributed by atoms with van der Waals surface area (Å²) < 4.78 is 26.1.